The summed E-state index contributed by atoms with van der Waals surface area (Å²) in [5, 5.41) is 3.01. The second-order valence-corrected chi connectivity index (χ2v) is 8.30. The molecule has 3 aliphatic rings. The highest BCUT2D eigenvalue weighted by Crippen LogP contribution is 2.23. The van der Waals surface area contributed by atoms with Crippen LogP contribution in [0.3, 0.4) is 0 Å². The SMILES string of the molecule is O=C(CN1CCCCC1C(=O)N1CCCC1)Nc1ccc(N2CCCC2)cc1. The van der Waals surface area contributed by atoms with Crippen molar-refractivity contribution >= 4 is 23.2 Å². The fraction of sp³-hybridized carbons (Fsp3) is 0.636. The number of nitrogens with one attached hydrogen (secondary N) is 1. The van der Waals surface area contributed by atoms with Crippen molar-refractivity contribution in [2.45, 2.75) is 51.0 Å². The lowest BCUT2D eigenvalue weighted by molar-refractivity contribution is -0.137. The van der Waals surface area contributed by atoms with E-state index in [1.165, 1.54) is 18.5 Å². The maximum absolute atomic E-state index is 12.9. The third-order valence-electron chi connectivity index (χ3n) is 6.29. The first kappa shape index (κ1) is 19.2. The zero-order valence-corrected chi connectivity index (χ0v) is 16.7. The third-order valence-corrected chi connectivity index (χ3v) is 6.29. The van der Waals surface area contributed by atoms with Crippen molar-refractivity contribution in [3.8, 4) is 0 Å². The summed E-state index contributed by atoms with van der Waals surface area (Å²) < 4.78 is 0. The van der Waals surface area contributed by atoms with Crippen LogP contribution in [0.15, 0.2) is 24.3 Å². The van der Waals surface area contributed by atoms with Crippen molar-refractivity contribution < 1.29 is 9.59 Å². The molecule has 0 aromatic heterocycles. The second kappa shape index (κ2) is 8.95. The van der Waals surface area contributed by atoms with Gasteiger partial charge in [0.1, 0.15) is 0 Å². The summed E-state index contributed by atoms with van der Waals surface area (Å²) in [5.41, 5.74) is 2.05. The molecule has 0 saturated carbocycles. The smallest absolute Gasteiger partial charge is 0.239 e. The van der Waals surface area contributed by atoms with E-state index >= 15 is 0 Å². The molecule has 0 aliphatic carbocycles. The first-order valence-corrected chi connectivity index (χ1v) is 10.9. The molecule has 3 fully saturated rings. The van der Waals surface area contributed by atoms with Gasteiger partial charge in [0.05, 0.1) is 12.6 Å². The second-order valence-electron chi connectivity index (χ2n) is 8.30. The highest BCUT2D eigenvalue weighted by atomic mass is 16.2. The van der Waals surface area contributed by atoms with E-state index in [2.05, 4.69) is 27.2 Å². The average Bonchev–Trinajstić information content (AvgIpc) is 3.43. The molecule has 2 amide bonds. The number of piperidine rings is 1. The van der Waals surface area contributed by atoms with Crippen molar-refractivity contribution in [1.29, 1.82) is 0 Å². The lowest BCUT2D eigenvalue weighted by Crippen LogP contribution is -2.52. The predicted octanol–water partition coefficient (Wildman–Crippen LogP) is 2.70. The van der Waals surface area contributed by atoms with Crippen LogP contribution in [0, 0.1) is 0 Å². The summed E-state index contributed by atoms with van der Waals surface area (Å²) in [5.74, 6) is 0.190. The molecule has 1 atom stereocenters. The molecule has 0 bridgehead atoms. The summed E-state index contributed by atoms with van der Waals surface area (Å²) in [7, 11) is 0. The van der Waals surface area contributed by atoms with Gasteiger partial charge in [-0.3, -0.25) is 14.5 Å². The Morgan fingerprint density at radius 2 is 1.50 bits per heavy atom. The number of hydrogen-bond donors (Lipinski definition) is 1. The lowest BCUT2D eigenvalue weighted by Gasteiger charge is -2.36. The van der Waals surface area contributed by atoms with Crippen molar-refractivity contribution in [2.24, 2.45) is 0 Å². The summed E-state index contributed by atoms with van der Waals surface area (Å²) in [4.78, 5) is 31.9. The molecule has 1 N–H and O–H groups in total. The van der Waals surface area contributed by atoms with Crippen molar-refractivity contribution in [3.05, 3.63) is 24.3 Å². The van der Waals surface area contributed by atoms with Gasteiger partial charge in [0.15, 0.2) is 0 Å². The zero-order valence-electron chi connectivity index (χ0n) is 16.7. The number of rotatable bonds is 5. The number of hydrogen-bond acceptors (Lipinski definition) is 4. The van der Waals surface area contributed by atoms with Gasteiger partial charge in [0.25, 0.3) is 0 Å². The third kappa shape index (κ3) is 4.49. The van der Waals surface area contributed by atoms with E-state index in [-0.39, 0.29) is 24.4 Å². The Bertz CT molecular complexity index is 678. The van der Waals surface area contributed by atoms with Gasteiger partial charge in [-0.25, -0.2) is 0 Å². The van der Waals surface area contributed by atoms with E-state index < -0.39 is 0 Å². The molecule has 28 heavy (non-hydrogen) atoms. The van der Waals surface area contributed by atoms with Gasteiger partial charge in [-0.2, -0.15) is 0 Å². The number of nitrogens with zero attached hydrogens (tertiary/aromatic N) is 3. The number of carbonyl (C=O) groups excluding carboxylic acids is 2. The molecular formula is C22H32N4O2. The summed E-state index contributed by atoms with van der Waals surface area (Å²) in [6.45, 7) is 5.10. The molecule has 3 aliphatic heterocycles. The standard InChI is InChI=1S/C22H32N4O2/c27-21(23-18-8-10-19(11-9-18)24-12-3-4-13-24)17-26-16-2-1-7-20(26)22(28)25-14-5-6-15-25/h8-11,20H,1-7,12-17H2,(H,23,27). The highest BCUT2D eigenvalue weighted by molar-refractivity contribution is 5.93. The normalized spacial score (nSPS) is 23.2. The van der Waals surface area contributed by atoms with Crippen LogP contribution in [-0.4, -0.2) is 66.9 Å². The van der Waals surface area contributed by atoms with Crippen LogP contribution in [0.5, 0.6) is 0 Å². The molecule has 1 aromatic carbocycles. The Morgan fingerprint density at radius 1 is 0.857 bits per heavy atom. The largest absolute Gasteiger partial charge is 0.372 e. The Labute approximate surface area is 167 Å². The number of benzene rings is 1. The lowest BCUT2D eigenvalue weighted by atomic mass is 10.0. The Hall–Kier alpha value is -2.08. The molecule has 0 radical (unpaired) electrons. The quantitative estimate of drug-likeness (QED) is 0.848. The molecule has 1 aromatic rings. The topological polar surface area (TPSA) is 55.9 Å². The van der Waals surface area contributed by atoms with Gasteiger partial charge in [0, 0.05) is 37.6 Å². The average molecular weight is 385 g/mol. The van der Waals surface area contributed by atoms with Crippen molar-refractivity contribution in [2.75, 3.05) is 49.5 Å². The van der Waals surface area contributed by atoms with E-state index in [0.717, 1.165) is 70.5 Å². The zero-order chi connectivity index (χ0) is 19.3. The van der Waals surface area contributed by atoms with Crippen LogP contribution in [0.1, 0.15) is 44.9 Å². The molecular weight excluding hydrogens is 352 g/mol. The maximum Gasteiger partial charge on any atom is 0.239 e. The molecule has 6 heteroatoms. The van der Waals surface area contributed by atoms with E-state index in [9.17, 15) is 9.59 Å². The summed E-state index contributed by atoms with van der Waals surface area (Å²) in [6, 6.07) is 8.00. The Kier molecular flexibility index (Phi) is 6.15. The van der Waals surface area contributed by atoms with Gasteiger partial charge in [-0.05, 0) is 69.3 Å². The molecule has 152 valence electrons. The number of likely N-dealkylation sites (tertiary alicyclic amines) is 2. The number of amides is 2. The van der Waals surface area contributed by atoms with Crippen LogP contribution >= 0.6 is 0 Å². The van der Waals surface area contributed by atoms with Crippen LogP contribution in [0.2, 0.25) is 0 Å². The van der Waals surface area contributed by atoms with Gasteiger partial charge in [-0.1, -0.05) is 6.42 Å². The minimum absolute atomic E-state index is 0.0324. The van der Waals surface area contributed by atoms with Crippen LogP contribution < -0.4 is 10.2 Å². The molecule has 6 nitrogen and oxygen atoms in total. The molecule has 3 heterocycles. The first-order valence-electron chi connectivity index (χ1n) is 10.9. The molecule has 1 unspecified atom stereocenters. The fourth-order valence-electron chi connectivity index (χ4n) is 4.72. The van der Waals surface area contributed by atoms with E-state index in [1.807, 2.05) is 17.0 Å². The van der Waals surface area contributed by atoms with Crippen LogP contribution in [0.4, 0.5) is 11.4 Å². The minimum Gasteiger partial charge on any atom is -0.372 e. The Balaban J connectivity index is 1.33. The van der Waals surface area contributed by atoms with Crippen LogP contribution in [-0.2, 0) is 9.59 Å². The van der Waals surface area contributed by atoms with Gasteiger partial charge >= 0.3 is 0 Å². The minimum atomic E-state index is -0.129. The number of carbonyl (C=O) groups is 2. The van der Waals surface area contributed by atoms with Gasteiger partial charge in [0.2, 0.25) is 11.8 Å². The molecule has 4 rings (SSSR count). The highest BCUT2D eigenvalue weighted by Gasteiger charge is 2.33. The van der Waals surface area contributed by atoms with Crippen molar-refractivity contribution in [1.82, 2.24) is 9.80 Å². The van der Waals surface area contributed by atoms with E-state index in [4.69, 9.17) is 0 Å². The van der Waals surface area contributed by atoms with Crippen molar-refractivity contribution in [3.63, 3.8) is 0 Å². The molecule has 3 saturated heterocycles. The monoisotopic (exact) mass is 384 g/mol. The molecule has 0 spiro atoms. The Morgan fingerprint density at radius 3 is 2.21 bits per heavy atom. The maximum atomic E-state index is 12.9. The van der Waals surface area contributed by atoms with Crippen LogP contribution in [0.25, 0.3) is 0 Å². The van der Waals surface area contributed by atoms with E-state index in [1.54, 1.807) is 0 Å². The predicted molar refractivity (Wildman–Crippen MR) is 112 cm³/mol. The summed E-state index contributed by atoms with van der Waals surface area (Å²) in [6.07, 6.45) is 7.71. The fourth-order valence-corrected chi connectivity index (χ4v) is 4.72. The summed E-state index contributed by atoms with van der Waals surface area (Å²) >= 11 is 0. The van der Waals surface area contributed by atoms with Gasteiger partial charge < -0.3 is 15.1 Å². The van der Waals surface area contributed by atoms with Gasteiger partial charge in [-0.15, -0.1) is 0 Å². The first-order chi connectivity index (χ1) is 13.7. The van der Waals surface area contributed by atoms with E-state index in [0.29, 0.717) is 0 Å². The number of anilines is 2.